The summed E-state index contributed by atoms with van der Waals surface area (Å²) in [6.45, 7) is 0.0670. The van der Waals surface area contributed by atoms with Gasteiger partial charge in [-0.1, -0.05) is 18.1 Å². The van der Waals surface area contributed by atoms with E-state index in [9.17, 15) is 19.7 Å². The molecule has 2 N–H and O–H groups in total. The molecule has 1 aromatic rings. The smallest absolute Gasteiger partial charge is 0.306 e. The van der Waals surface area contributed by atoms with Gasteiger partial charge in [0.1, 0.15) is 5.69 Å². The lowest BCUT2D eigenvalue weighted by atomic mass is 10.2. The monoisotopic (exact) mass is 319 g/mol. The van der Waals surface area contributed by atoms with Gasteiger partial charge in [0.05, 0.1) is 11.5 Å². The first kappa shape index (κ1) is 18.0. The van der Waals surface area contributed by atoms with Crippen LogP contribution in [0, 0.1) is 22.5 Å². The summed E-state index contributed by atoms with van der Waals surface area (Å²) in [6, 6.07) is 6.24. The number of hydrogen-bond acceptors (Lipinski definition) is 6. The van der Waals surface area contributed by atoms with E-state index in [1.54, 1.807) is 18.2 Å². The van der Waals surface area contributed by atoms with Gasteiger partial charge >= 0.3 is 5.97 Å². The third kappa shape index (κ3) is 6.95. The van der Waals surface area contributed by atoms with Crippen LogP contribution in [0.25, 0.3) is 0 Å². The van der Waals surface area contributed by atoms with Crippen LogP contribution in [0.3, 0.4) is 0 Å². The maximum absolute atomic E-state index is 11.4. The molecule has 0 spiro atoms. The van der Waals surface area contributed by atoms with E-state index in [1.807, 2.05) is 0 Å². The largest absolute Gasteiger partial charge is 0.456 e. The Morgan fingerprint density at radius 2 is 2.09 bits per heavy atom. The quantitative estimate of drug-likeness (QED) is 0.232. The van der Waals surface area contributed by atoms with Gasteiger partial charge < -0.3 is 15.4 Å². The molecule has 1 rings (SSSR count). The van der Waals surface area contributed by atoms with E-state index in [0.717, 1.165) is 0 Å². The number of nitrogens with zero attached hydrogens (tertiary/aromatic N) is 1. The highest BCUT2D eigenvalue weighted by molar-refractivity contribution is 5.80. The van der Waals surface area contributed by atoms with Gasteiger partial charge in [-0.15, -0.1) is 6.42 Å². The van der Waals surface area contributed by atoms with E-state index in [1.165, 1.54) is 6.07 Å². The fourth-order valence-corrected chi connectivity index (χ4v) is 1.66. The van der Waals surface area contributed by atoms with Crippen LogP contribution in [0.5, 0.6) is 0 Å². The van der Waals surface area contributed by atoms with Crippen LogP contribution in [0.15, 0.2) is 24.3 Å². The van der Waals surface area contributed by atoms with E-state index in [0.29, 0.717) is 18.7 Å². The van der Waals surface area contributed by atoms with Crippen molar-refractivity contribution in [1.82, 2.24) is 5.32 Å². The van der Waals surface area contributed by atoms with Crippen molar-refractivity contribution in [2.45, 2.75) is 12.8 Å². The van der Waals surface area contributed by atoms with Crippen molar-refractivity contribution in [2.24, 2.45) is 0 Å². The zero-order valence-corrected chi connectivity index (χ0v) is 12.4. The third-order valence-corrected chi connectivity index (χ3v) is 2.73. The van der Waals surface area contributed by atoms with Crippen molar-refractivity contribution in [3.63, 3.8) is 0 Å². The zero-order chi connectivity index (χ0) is 17.1. The fraction of sp³-hybridized carbons (Fsp3) is 0.333. The number of nitro groups is 1. The molecule has 0 saturated heterocycles. The predicted molar refractivity (Wildman–Crippen MR) is 83.6 cm³/mol. The number of esters is 1. The van der Waals surface area contributed by atoms with Crippen molar-refractivity contribution in [3.8, 4) is 12.3 Å². The summed E-state index contributed by atoms with van der Waals surface area (Å²) >= 11 is 0. The first-order chi connectivity index (χ1) is 11.0. The molecule has 0 fully saturated rings. The Morgan fingerprint density at radius 3 is 2.78 bits per heavy atom. The van der Waals surface area contributed by atoms with Gasteiger partial charge in [-0.3, -0.25) is 19.7 Å². The van der Waals surface area contributed by atoms with Crippen molar-refractivity contribution in [2.75, 3.05) is 25.0 Å². The van der Waals surface area contributed by atoms with E-state index in [4.69, 9.17) is 11.2 Å². The molecule has 23 heavy (non-hydrogen) atoms. The van der Waals surface area contributed by atoms with Crippen LogP contribution in [0.4, 0.5) is 11.4 Å². The number of carbonyl (C=O) groups excluding carboxylic acids is 2. The lowest BCUT2D eigenvalue weighted by Crippen LogP contribution is -2.29. The Hall–Kier alpha value is -3.08. The van der Waals surface area contributed by atoms with Gasteiger partial charge in [-0.25, -0.2) is 0 Å². The summed E-state index contributed by atoms with van der Waals surface area (Å²) in [5.74, 6) is 1.24. The van der Waals surface area contributed by atoms with Gasteiger partial charge in [-0.2, -0.15) is 0 Å². The van der Waals surface area contributed by atoms with Crippen LogP contribution < -0.4 is 10.6 Å². The van der Waals surface area contributed by atoms with Gasteiger partial charge in [0.25, 0.3) is 11.6 Å². The minimum atomic E-state index is -0.523. The number of amides is 1. The third-order valence-electron chi connectivity index (χ3n) is 2.73. The van der Waals surface area contributed by atoms with Gasteiger partial charge in [-0.05, 0) is 12.5 Å². The predicted octanol–water partition coefficient (Wildman–Crippen LogP) is 1.08. The number of ether oxygens (including phenoxy) is 1. The van der Waals surface area contributed by atoms with Crippen LogP contribution in [-0.4, -0.2) is 36.5 Å². The lowest BCUT2D eigenvalue weighted by Gasteiger charge is -2.07. The van der Waals surface area contributed by atoms with Crippen LogP contribution in [-0.2, 0) is 14.3 Å². The number of terminal acetylenes is 1. The molecule has 0 saturated carbocycles. The van der Waals surface area contributed by atoms with Crippen LogP contribution in [0.1, 0.15) is 12.8 Å². The average molecular weight is 319 g/mol. The second-order valence-electron chi connectivity index (χ2n) is 4.45. The Balaban J connectivity index is 2.25. The minimum Gasteiger partial charge on any atom is -0.456 e. The zero-order valence-electron chi connectivity index (χ0n) is 12.4. The summed E-state index contributed by atoms with van der Waals surface area (Å²) in [4.78, 5) is 32.9. The summed E-state index contributed by atoms with van der Waals surface area (Å²) in [6.07, 6.45) is 5.48. The first-order valence-electron chi connectivity index (χ1n) is 6.87. The molecule has 1 amide bonds. The minimum absolute atomic E-state index is 0.0275. The Morgan fingerprint density at radius 1 is 1.35 bits per heavy atom. The molecule has 0 aromatic heterocycles. The Bertz CT molecular complexity index is 609. The lowest BCUT2D eigenvalue weighted by molar-refractivity contribution is -0.384. The SMILES string of the molecule is C#CCNC(=O)COC(=O)CCCNc1ccccc1[N+](=O)[O-]. The molecule has 1 aromatic carbocycles. The summed E-state index contributed by atoms with van der Waals surface area (Å²) < 4.78 is 4.76. The highest BCUT2D eigenvalue weighted by atomic mass is 16.6. The number of nitrogens with one attached hydrogen (secondary N) is 2. The summed E-state index contributed by atoms with van der Waals surface area (Å²) in [5, 5.41) is 16.1. The molecular formula is C15H17N3O5. The van der Waals surface area contributed by atoms with Gasteiger partial charge in [0.2, 0.25) is 0 Å². The average Bonchev–Trinajstić information content (AvgIpc) is 2.55. The molecule has 122 valence electrons. The molecule has 0 aliphatic rings. The first-order valence-corrected chi connectivity index (χ1v) is 6.87. The maximum Gasteiger partial charge on any atom is 0.306 e. The van der Waals surface area contributed by atoms with Gasteiger partial charge in [0.15, 0.2) is 6.61 Å². The van der Waals surface area contributed by atoms with Crippen molar-refractivity contribution in [3.05, 3.63) is 34.4 Å². The normalized spacial score (nSPS) is 9.52. The number of anilines is 1. The van der Waals surface area contributed by atoms with Crippen molar-refractivity contribution < 1.29 is 19.2 Å². The standard InChI is InChI=1S/C15H17N3O5/c1-2-9-17-14(19)11-23-15(20)8-5-10-16-12-6-3-4-7-13(12)18(21)22/h1,3-4,6-7,16H,5,8-11H2,(H,17,19). The Kier molecular flexibility index (Phi) is 7.64. The number of benzene rings is 1. The molecule has 0 heterocycles. The second-order valence-corrected chi connectivity index (χ2v) is 4.45. The Labute approximate surface area is 133 Å². The molecular weight excluding hydrogens is 302 g/mol. The highest BCUT2D eigenvalue weighted by Gasteiger charge is 2.12. The van der Waals surface area contributed by atoms with Crippen LogP contribution in [0.2, 0.25) is 0 Å². The number of hydrogen-bond donors (Lipinski definition) is 2. The van der Waals surface area contributed by atoms with Crippen LogP contribution >= 0.6 is 0 Å². The molecule has 0 unspecified atom stereocenters. The molecule has 8 heteroatoms. The van der Waals surface area contributed by atoms with E-state index in [2.05, 4.69) is 16.6 Å². The topological polar surface area (TPSA) is 111 Å². The number of nitro benzene ring substituents is 1. The molecule has 0 aliphatic carbocycles. The number of para-hydroxylation sites is 2. The fourth-order valence-electron chi connectivity index (χ4n) is 1.66. The van der Waals surface area contributed by atoms with E-state index < -0.39 is 16.8 Å². The van der Waals surface area contributed by atoms with E-state index in [-0.39, 0.29) is 25.3 Å². The summed E-state index contributed by atoms with van der Waals surface area (Å²) in [7, 11) is 0. The van der Waals surface area contributed by atoms with Gasteiger partial charge in [0, 0.05) is 19.0 Å². The summed E-state index contributed by atoms with van der Waals surface area (Å²) in [5.41, 5.74) is 0.361. The molecule has 0 radical (unpaired) electrons. The molecule has 8 nitrogen and oxygen atoms in total. The number of carbonyl (C=O) groups is 2. The van der Waals surface area contributed by atoms with E-state index >= 15 is 0 Å². The molecule has 0 atom stereocenters. The highest BCUT2D eigenvalue weighted by Crippen LogP contribution is 2.22. The second kappa shape index (κ2) is 9.78. The maximum atomic E-state index is 11.4. The number of rotatable bonds is 9. The molecule has 0 bridgehead atoms. The van der Waals surface area contributed by atoms with Crippen molar-refractivity contribution in [1.29, 1.82) is 0 Å². The molecule has 0 aliphatic heterocycles. The van der Waals surface area contributed by atoms with Crippen molar-refractivity contribution >= 4 is 23.3 Å².